The molecule has 2 saturated heterocycles. The summed E-state index contributed by atoms with van der Waals surface area (Å²) in [6.07, 6.45) is 3.68. The largest absolute Gasteiger partial charge is 0.379 e. The summed E-state index contributed by atoms with van der Waals surface area (Å²) >= 11 is 0. The lowest BCUT2D eigenvalue weighted by Gasteiger charge is -2.33. The second-order valence-corrected chi connectivity index (χ2v) is 7.23. The van der Waals surface area contributed by atoms with E-state index >= 15 is 0 Å². The fourth-order valence-corrected chi connectivity index (χ4v) is 3.57. The molecule has 2 aliphatic rings. The summed E-state index contributed by atoms with van der Waals surface area (Å²) < 4.78 is 5.41. The van der Waals surface area contributed by atoms with Crippen LogP contribution in [0.3, 0.4) is 0 Å². The number of guanidine groups is 1. The Hall–Kier alpha value is -0.120. The van der Waals surface area contributed by atoms with Crippen LogP contribution < -0.4 is 10.6 Å². The molecular weight excluding hydrogens is 429 g/mol. The maximum absolute atomic E-state index is 5.41. The summed E-state index contributed by atoms with van der Waals surface area (Å²) in [5, 5.41) is 7.12. The van der Waals surface area contributed by atoms with E-state index in [9.17, 15) is 0 Å². The van der Waals surface area contributed by atoms with E-state index in [0.29, 0.717) is 12.0 Å². The lowest BCUT2D eigenvalue weighted by atomic mass is 10.1. The van der Waals surface area contributed by atoms with Gasteiger partial charge in [-0.2, -0.15) is 0 Å². The van der Waals surface area contributed by atoms with Gasteiger partial charge in [0.2, 0.25) is 0 Å². The lowest BCUT2D eigenvalue weighted by molar-refractivity contribution is 0.0320. The van der Waals surface area contributed by atoms with Crippen molar-refractivity contribution in [2.24, 2.45) is 10.9 Å². The third kappa shape index (κ3) is 8.88. The van der Waals surface area contributed by atoms with Crippen molar-refractivity contribution < 1.29 is 4.74 Å². The number of ether oxygens (including phenoxy) is 1. The van der Waals surface area contributed by atoms with Gasteiger partial charge in [-0.15, -0.1) is 24.0 Å². The maximum atomic E-state index is 5.41. The zero-order chi connectivity index (χ0) is 17.2. The van der Waals surface area contributed by atoms with Crippen molar-refractivity contribution in [3.8, 4) is 0 Å². The highest BCUT2D eigenvalue weighted by Gasteiger charge is 2.19. The molecule has 0 aromatic heterocycles. The Kier molecular flexibility index (Phi) is 12.0. The van der Waals surface area contributed by atoms with Crippen LogP contribution in [0.1, 0.15) is 33.1 Å². The number of nitrogens with zero attached hydrogens (tertiary/aromatic N) is 3. The smallest absolute Gasteiger partial charge is 0.191 e. The van der Waals surface area contributed by atoms with Crippen molar-refractivity contribution in [2.45, 2.75) is 39.2 Å². The molecule has 0 saturated carbocycles. The van der Waals surface area contributed by atoms with Crippen molar-refractivity contribution in [2.75, 3.05) is 66.1 Å². The highest BCUT2D eigenvalue weighted by molar-refractivity contribution is 14.0. The molecule has 0 bridgehead atoms. The van der Waals surface area contributed by atoms with Gasteiger partial charge in [0, 0.05) is 52.4 Å². The summed E-state index contributed by atoms with van der Waals surface area (Å²) in [5.74, 6) is 1.56. The Balaban J connectivity index is 0.00000312. The summed E-state index contributed by atoms with van der Waals surface area (Å²) in [6.45, 7) is 14.2. The maximum Gasteiger partial charge on any atom is 0.191 e. The number of nitrogens with one attached hydrogen (secondary N) is 2. The molecule has 1 unspecified atom stereocenters. The van der Waals surface area contributed by atoms with Crippen LogP contribution in [0.5, 0.6) is 0 Å². The molecule has 0 aliphatic carbocycles. The van der Waals surface area contributed by atoms with Gasteiger partial charge in [0.05, 0.1) is 13.2 Å². The molecule has 0 radical (unpaired) electrons. The average molecular weight is 467 g/mol. The van der Waals surface area contributed by atoms with Crippen LogP contribution in [0, 0.1) is 5.92 Å². The van der Waals surface area contributed by atoms with Crippen LogP contribution in [-0.4, -0.2) is 87.9 Å². The molecular formula is C18H38IN5O. The van der Waals surface area contributed by atoms with Gasteiger partial charge in [-0.05, 0) is 31.7 Å². The minimum Gasteiger partial charge on any atom is -0.379 e. The van der Waals surface area contributed by atoms with Crippen molar-refractivity contribution in [1.82, 2.24) is 20.4 Å². The van der Waals surface area contributed by atoms with Crippen molar-refractivity contribution >= 4 is 29.9 Å². The summed E-state index contributed by atoms with van der Waals surface area (Å²) in [4.78, 5) is 9.47. The van der Waals surface area contributed by atoms with Crippen LogP contribution in [0.4, 0.5) is 0 Å². The predicted molar refractivity (Wildman–Crippen MR) is 116 cm³/mol. The number of hydrogen-bond acceptors (Lipinski definition) is 4. The van der Waals surface area contributed by atoms with E-state index in [2.05, 4.69) is 39.3 Å². The van der Waals surface area contributed by atoms with E-state index in [1.165, 1.54) is 38.9 Å². The number of halogens is 1. The van der Waals surface area contributed by atoms with Gasteiger partial charge in [0.1, 0.15) is 0 Å². The molecule has 148 valence electrons. The highest BCUT2D eigenvalue weighted by atomic mass is 127. The quantitative estimate of drug-likeness (QED) is 0.339. The molecule has 25 heavy (non-hydrogen) atoms. The molecule has 1 atom stereocenters. The zero-order valence-corrected chi connectivity index (χ0v) is 18.6. The second-order valence-electron chi connectivity index (χ2n) is 7.23. The third-order valence-electron chi connectivity index (χ3n) is 4.98. The standard InChI is InChI=1S/C18H37N5O.HI/c1-4-7-22-8-5-17(6-9-22)21-18(19-3)20-14-16(2)15-23-10-12-24-13-11-23;/h16-17H,4-15H2,1-3H3,(H2,19,20,21);1H. The van der Waals surface area contributed by atoms with Crippen LogP contribution in [0.15, 0.2) is 4.99 Å². The number of hydrogen-bond donors (Lipinski definition) is 2. The molecule has 7 heteroatoms. The average Bonchev–Trinajstić information content (AvgIpc) is 2.61. The summed E-state index contributed by atoms with van der Waals surface area (Å²) in [7, 11) is 1.87. The first-order valence-corrected chi connectivity index (χ1v) is 9.71. The molecule has 2 fully saturated rings. The Labute approximate surface area is 171 Å². The number of piperidine rings is 1. The SMILES string of the molecule is CCCN1CCC(NC(=NC)NCC(C)CN2CCOCC2)CC1.I. The van der Waals surface area contributed by atoms with Crippen LogP contribution >= 0.6 is 24.0 Å². The Morgan fingerprint density at radius 1 is 1.16 bits per heavy atom. The third-order valence-corrected chi connectivity index (χ3v) is 4.98. The zero-order valence-electron chi connectivity index (χ0n) is 16.3. The van der Waals surface area contributed by atoms with Gasteiger partial charge in [0.25, 0.3) is 0 Å². The fourth-order valence-electron chi connectivity index (χ4n) is 3.57. The number of morpholine rings is 1. The molecule has 2 aliphatic heterocycles. The van der Waals surface area contributed by atoms with E-state index in [0.717, 1.165) is 45.4 Å². The Bertz CT molecular complexity index is 368. The van der Waals surface area contributed by atoms with Crippen molar-refractivity contribution in [1.29, 1.82) is 0 Å². The molecule has 0 aromatic rings. The van der Waals surface area contributed by atoms with Gasteiger partial charge >= 0.3 is 0 Å². The van der Waals surface area contributed by atoms with Gasteiger partial charge in [0.15, 0.2) is 5.96 Å². The first-order chi connectivity index (χ1) is 11.7. The van der Waals surface area contributed by atoms with E-state index in [1.807, 2.05) is 7.05 Å². The fraction of sp³-hybridized carbons (Fsp3) is 0.944. The topological polar surface area (TPSA) is 52.1 Å². The van der Waals surface area contributed by atoms with E-state index in [4.69, 9.17) is 4.74 Å². The van der Waals surface area contributed by atoms with Crippen molar-refractivity contribution in [3.63, 3.8) is 0 Å². The summed E-state index contributed by atoms with van der Waals surface area (Å²) in [6, 6.07) is 0.554. The van der Waals surface area contributed by atoms with Crippen molar-refractivity contribution in [3.05, 3.63) is 0 Å². The molecule has 0 spiro atoms. The van der Waals surface area contributed by atoms with Gasteiger partial charge in [-0.25, -0.2) is 0 Å². The number of aliphatic imine (C=N–C) groups is 1. The minimum atomic E-state index is 0. The first kappa shape index (κ1) is 22.9. The van der Waals surface area contributed by atoms with Gasteiger partial charge < -0.3 is 20.3 Å². The van der Waals surface area contributed by atoms with Gasteiger partial charge in [-0.1, -0.05) is 13.8 Å². The second kappa shape index (κ2) is 13.1. The van der Waals surface area contributed by atoms with E-state index in [-0.39, 0.29) is 24.0 Å². The molecule has 6 nitrogen and oxygen atoms in total. The number of likely N-dealkylation sites (tertiary alicyclic amines) is 1. The lowest BCUT2D eigenvalue weighted by Crippen LogP contribution is -2.50. The first-order valence-electron chi connectivity index (χ1n) is 9.71. The minimum absolute atomic E-state index is 0. The predicted octanol–water partition coefficient (Wildman–Crippen LogP) is 1.61. The molecule has 2 heterocycles. The molecule has 2 rings (SSSR count). The monoisotopic (exact) mass is 467 g/mol. The van der Waals surface area contributed by atoms with Crippen LogP contribution in [0.25, 0.3) is 0 Å². The van der Waals surface area contributed by atoms with E-state index < -0.39 is 0 Å². The van der Waals surface area contributed by atoms with Crippen LogP contribution in [-0.2, 0) is 4.74 Å². The Morgan fingerprint density at radius 2 is 1.84 bits per heavy atom. The van der Waals surface area contributed by atoms with E-state index in [1.54, 1.807) is 0 Å². The highest BCUT2D eigenvalue weighted by Crippen LogP contribution is 2.10. The Morgan fingerprint density at radius 3 is 2.44 bits per heavy atom. The molecule has 0 aromatic carbocycles. The number of rotatable bonds is 7. The molecule has 2 N–H and O–H groups in total. The normalized spacial score (nSPS) is 22.3. The summed E-state index contributed by atoms with van der Waals surface area (Å²) in [5.41, 5.74) is 0. The van der Waals surface area contributed by atoms with Crippen LogP contribution in [0.2, 0.25) is 0 Å². The van der Waals surface area contributed by atoms with Gasteiger partial charge in [-0.3, -0.25) is 9.89 Å². The molecule has 0 amide bonds.